The number of sulfonamides is 1. The predicted octanol–water partition coefficient (Wildman–Crippen LogP) is 9.14. The first-order chi connectivity index (χ1) is 25.3. The normalized spacial score (nSPS) is 14.1. The number of carbonyl (C=O) groups is 1. The summed E-state index contributed by atoms with van der Waals surface area (Å²) >= 11 is 0. The summed E-state index contributed by atoms with van der Waals surface area (Å²) in [5.74, 6) is 1.01. The van der Waals surface area contributed by atoms with Crippen molar-refractivity contribution in [3.8, 4) is 11.5 Å². The lowest BCUT2D eigenvalue weighted by Gasteiger charge is -2.46. The van der Waals surface area contributed by atoms with Crippen molar-refractivity contribution < 1.29 is 22.7 Å². The van der Waals surface area contributed by atoms with Crippen LogP contribution >= 0.6 is 0 Å². The van der Waals surface area contributed by atoms with E-state index in [0.29, 0.717) is 48.3 Å². The second-order valence-corrected chi connectivity index (χ2v) is 14.3. The number of hydrogen-bond acceptors (Lipinski definition) is 6. The summed E-state index contributed by atoms with van der Waals surface area (Å²) in [6.45, 7) is 5.18. The first-order valence-electron chi connectivity index (χ1n) is 17.2. The summed E-state index contributed by atoms with van der Waals surface area (Å²) in [5, 5.41) is 0. The molecule has 0 bridgehead atoms. The molecule has 8 nitrogen and oxygen atoms in total. The summed E-state index contributed by atoms with van der Waals surface area (Å²) in [5.41, 5.74) is 5.85. The van der Waals surface area contributed by atoms with Gasteiger partial charge in [0.05, 0.1) is 22.8 Å². The summed E-state index contributed by atoms with van der Waals surface area (Å²) in [6, 6.07) is 47.0. The van der Waals surface area contributed by atoms with Crippen molar-refractivity contribution >= 4 is 33.0 Å². The van der Waals surface area contributed by atoms with Crippen LogP contribution in [0.3, 0.4) is 0 Å². The van der Waals surface area contributed by atoms with E-state index >= 15 is 0 Å². The lowest BCUT2D eigenvalue weighted by molar-refractivity contribution is 0.0967. The average molecular weight is 710 g/mol. The predicted molar refractivity (Wildman–Crippen MR) is 205 cm³/mol. The molecule has 0 aromatic heterocycles. The Labute approximate surface area is 304 Å². The van der Waals surface area contributed by atoms with E-state index in [9.17, 15) is 13.2 Å². The standard InChI is InChI=1S/C43H39N3O5S/c1-3-50-37-23-21-36(22-24-37)46-42(34-15-10-16-38(27-34)51-30-33-13-8-5-9-14-33)45(29-32-11-6-4-7-12-32)41-26-25-39(28-40(41)43(46)47)52(48,49)44-35-19-17-31(2)18-20-35/h4-28,42,44H,3,29-30H2,1-2H3/t42-/m1/s1. The number of aryl methyl sites for hydroxylation is 1. The molecule has 0 saturated carbocycles. The Kier molecular flexibility index (Phi) is 9.95. The Hall–Kier alpha value is -6.06. The largest absolute Gasteiger partial charge is 0.494 e. The van der Waals surface area contributed by atoms with Crippen LogP contribution in [-0.2, 0) is 23.2 Å². The SMILES string of the molecule is CCOc1ccc(N2C(=O)c3cc(S(=O)(=O)Nc4ccc(C)cc4)ccc3N(Cc3ccccc3)[C@H]2c2cccc(OCc3ccccc3)c2)cc1. The van der Waals surface area contributed by atoms with Gasteiger partial charge in [0.2, 0.25) is 0 Å². The van der Waals surface area contributed by atoms with E-state index in [4.69, 9.17) is 9.47 Å². The van der Waals surface area contributed by atoms with Crippen molar-refractivity contribution in [2.75, 3.05) is 21.1 Å². The Morgan fingerprint density at radius 1 is 0.692 bits per heavy atom. The smallest absolute Gasteiger partial charge is 0.262 e. The molecule has 0 fully saturated rings. The van der Waals surface area contributed by atoms with Gasteiger partial charge in [0.25, 0.3) is 15.9 Å². The molecular formula is C43H39N3O5S. The minimum absolute atomic E-state index is 0.0127. The van der Waals surface area contributed by atoms with Crippen LogP contribution in [0.1, 0.15) is 45.7 Å². The Bertz CT molecular complexity index is 2260. The van der Waals surface area contributed by atoms with Crippen molar-refractivity contribution in [1.82, 2.24) is 0 Å². The zero-order chi connectivity index (χ0) is 36.1. The third-order valence-corrected chi connectivity index (χ3v) is 10.3. The molecule has 0 spiro atoms. The lowest BCUT2D eigenvalue weighted by Crippen LogP contribution is -2.49. The number of hydrogen-bond donors (Lipinski definition) is 1. The van der Waals surface area contributed by atoms with Crippen molar-refractivity contribution in [2.45, 2.75) is 38.1 Å². The molecule has 1 amide bonds. The monoisotopic (exact) mass is 709 g/mol. The Morgan fingerprint density at radius 2 is 1.38 bits per heavy atom. The summed E-state index contributed by atoms with van der Waals surface area (Å²) < 4.78 is 42.1. The molecule has 52 heavy (non-hydrogen) atoms. The minimum Gasteiger partial charge on any atom is -0.494 e. The van der Waals surface area contributed by atoms with Crippen molar-refractivity contribution in [3.05, 3.63) is 179 Å². The number of amides is 1. The van der Waals surface area contributed by atoms with Crippen LogP contribution in [0.25, 0.3) is 0 Å². The second-order valence-electron chi connectivity index (χ2n) is 12.6. The Morgan fingerprint density at radius 3 is 2.08 bits per heavy atom. The number of rotatable bonds is 12. The van der Waals surface area contributed by atoms with Gasteiger partial charge in [-0.2, -0.15) is 0 Å². The van der Waals surface area contributed by atoms with Crippen LogP contribution in [0.4, 0.5) is 17.1 Å². The van der Waals surface area contributed by atoms with Gasteiger partial charge in [-0.05, 0) is 97.3 Å². The van der Waals surface area contributed by atoms with E-state index in [1.54, 1.807) is 29.2 Å². The molecule has 7 rings (SSSR count). The molecule has 0 aliphatic carbocycles. The lowest BCUT2D eigenvalue weighted by atomic mass is 9.99. The third kappa shape index (κ3) is 7.50. The van der Waals surface area contributed by atoms with Crippen molar-refractivity contribution in [3.63, 3.8) is 0 Å². The summed E-state index contributed by atoms with van der Waals surface area (Å²) in [4.78, 5) is 18.8. The van der Waals surface area contributed by atoms with Crippen LogP contribution in [-0.4, -0.2) is 20.9 Å². The highest BCUT2D eigenvalue weighted by Gasteiger charge is 2.40. The highest BCUT2D eigenvalue weighted by atomic mass is 32.2. The molecule has 6 aromatic carbocycles. The highest BCUT2D eigenvalue weighted by Crippen LogP contribution is 2.44. The topological polar surface area (TPSA) is 88.2 Å². The van der Waals surface area contributed by atoms with Crippen LogP contribution in [0.2, 0.25) is 0 Å². The molecule has 6 aromatic rings. The maximum atomic E-state index is 14.9. The van der Waals surface area contributed by atoms with E-state index in [1.807, 2.05) is 135 Å². The molecule has 1 atom stereocenters. The van der Waals surface area contributed by atoms with E-state index < -0.39 is 16.2 Å². The molecular weight excluding hydrogens is 671 g/mol. The molecule has 0 saturated heterocycles. The molecule has 9 heteroatoms. The molecule has 1 aliphatic heterocycles. The molecule has 1 N–H and O–H groups in total. The van der Waals surface area contributed by atoms with Crippen LogP contribution < -0.4 is 24.0 Å². The third-order valence-electron chi connectivity index (χ3n) is 8.91. The number of anilines is 3. The quantitative estimate of drug-likeness (QED) is 0.136. The van der Waals surface area contributed by atoms with Crippen molar-refractivity contribution in [2.24, 2.45) is 0 Å². The van der Waals surface area contributed by atoms with Gasteiger partial charge in [-0.1, -0.05) is 90.5 Å². The van der Waals surface area contributed by atoms with Gasteiger partial charge in [0.15, 0.2) is 0 Å². The van der Waals surface area contributed by atoms with E-state index in [1.165, 1.54) is 6.07 Å². The molecule has 1 aliphatic rings. The van der Waals surface area contributed by atoms with Crippen molar-refractivity contribution in [1.29, 1.82) is 0 Å². The van der Waals surface area contributed by atoms with Crippen LogP contribution in [0, 0.1) is 6.92 Å². The zero-order valence-corrected chi connectivity index (χ0v) is 29.8. The Balaban J connectivity index is 1.35. The van der Waals surface area contributed by atoms with E-state index in [0.717, 1.165) is 22.3 Å². The highest BCUT2D eigenvalue weighted by molar-refractivity contribution is 7.92. The van der Waals surface area contributed by atoms with Gasteiger partial charge in [-0.15, -0.1) is 0 Å². The molecule has 0 radical (unpaired) electrons. The van der Waals surface area contributed by atoms with Crippen LogP contribution in [0.5, 0.6) is 11.5 Å². The number of benzene rings is 6. The maximum absolute atomic E-state index is 14.9. The number of ether oxygens (including phenoxy) is 2. The maximum Gasteiger partial charge on any atom is 0.262 e. The van der Waals surface area contributed by atoms with Crippen LogP contribution in [0.15, 0.2) is 157 Å². The first-order valence-corrected chi connectivity index (χ1v) is 18.6. The van der Waals surface area contributed by atoms with Gasteiger partial charge in [0.1, 0.15) is 24.3 Å². The number of nitrogens with one attached hydrogen (secondary N) is 1. The van der Waals surface area contributed by atoms with Gasteiger partial charge in [-0.25, -0.2) is 8.42 Å². The summed E-state index contributed by atoms with van der Waals surface area (Å²) in [6.07, 6.45) is -0.619. The summed E-state index contributed by atoms with van der Waals surface area (Å²) in [7, 11) is -4.03. The fourth-order valence-electron chi connectivity index (χ4n) is 6.37. The second kappa shape index (κ2) is 15.0. The number of fused-ring (bicyclic) bond motifs is 1. The van der Waals surface area contributed by atoms with Gasteiger partial charge < -0.3 is 14.4 Å². The first kappa shape index (κ1) is 34.4. The van der Waals surface area contributed by atoms with Gasteiger partial charge >= 0.3 is 0 Å². The van der Waals surface area contributed by atoms with E-state index in [2.05, 4.69) is 9.62 Å². The average Bonchev–Trinajstić information content (AvgIpc) is 3.17. The molecule has 0 unspecified atom stereocenters. The van der Waals surface area contributed by atoms with Gasteiger partial charge in [0, 0.05) is 17.9 Å². The molecule has 262 valence electrons. The zero-order valence-electron chi connectivity index (χ0n) is 29.0. The minimum atomic E-state index is -4.03. The van der Waals surface area contributed by atoms with E-state index in [-0.39, 0.29) is 16.4 Å². The molecule has 1 heterocycles. The number of nitrogens with zero attached hydrogens (tertiary/aromatic N) is 2. The fourth-order valence-corrected chi connectivity index (χ4v) is 7.45. The number of carbonyl (C=O) groups excluding carboxylic acids is 1. The van der Waals surface area contributed by atoms with Gasteiger partial charge in [-0.3, -0.25) is 14.4 Å². The fraction of sp³-hybridized carbons (Fsp3) is 0.140.